The van der Waals surface area contributed by atoms with Gasteiger partial charge in [-0.15, -0.1) is 11.3 Å². The van der Waals surface area contributed by atoms with Gasteiger partial charge in [-0.2, -0.15) is 0 Å². The molecule has 0 saturated heterocycles. The maximum absolute atomic E-state index is 12.6. The quantitative estimate of drug-likeness (QED) is 0.697. The average Bonchev–Trinajstić information content (AvgIpc) is 3.15. The van der Waals surface area contributed by atoms with E-state index < -0.39 is 0 Å². The first-order valence-corrected chi connectivity index (χ1v) is 8.50. The Hall–Kier alpha value is -2.40. The molecule has 2 heterocycles. The number of nitrogens with zero attached hydrogens (tertiary/aromatic N) is 1. The lowest BCUT2D eigenvalue weighted by atomic mass is 10.2. The van der Waals surface area contributed by atoms with Crippen molar-refractivity contribution < 1.29 is 4.79 Å². The van der Waals surface area contributed by atoms with E-state index in [1.54, 1.807) is 11.3 Å². The highest BCUT2D eigenvalue weighted by Crippen LogP contribution is 2.23. The summed E-state index contributed by atoms with van der Waals surface area (Å²) < 4.78 is 0. The van der Waals surface area contributed by atoms with Crippen LogP contribution in [0.4, 0.5) is 0 Å². The molecule has 118 valence electrons. The molecule has 1 amide bonds. The minimum Gasteiger partial charge on any atom is -0.352 e. The van der Waals surface area contributed by atoms with E-state index in [-0.39, 0.29) is 5.91 Å². The van der Waals surface area contributed by atoms with E-state index in [0.29, 0.717) is 17.9 Å². The molecule has 0 unspecified atom stereocenters. The van der Waals surface area contributed by atoms with E-state index in [2.05, 4.69) is 28.3 Å². The summed E-state index contributed by atoms with van der Waals surface area (Å²) in [6, 6.07) is 11.9. The average molecular weight is 325 g/mol. The molecule has 4 nitrogen and oxygen atoms in total. The maximum atomic E-state index is 12.6. The summed E-state index contributed by atoms with van der Waals surface area (Å²) in [5.41, 5.74) is 2.36. The number of aromatic nitrogens is 2. The van der Waals surface area contributed by atoms with Gasteiger partial charge in [-0.25, -0.2) is 4.98 Å². The Labute approximate surface area is 139 Å². The number of hydrogen-bond acceptors (Lipinski definition) is 3. The normalized spacial score (nSPS) is 11.8. The molecule has 0 saturated carbocycles. The van der Waals surface area contributed by atoms with Crippen molar-refractivity contribution in [3.05, 3.63) is 52.0 Å². The first-order valence-electron chi connectivity index (χ1n) is 7.69. The second-order valence-corrected chi connectivity index (χ2v) is 6.68. The lowest BCUT2D eigenvalue weighted by Crippen LogP contribution is -2.25. The van der Waals surface area contributed by atoms with Crippen LogP contribution in [0, 0.1) is 6.92 Å². The maximum Gasteiger partial charge on any atom is 0.255 e. The van der Waals surface area contributed by atoms with E-state index >= 15 is 0 Å². The van der Waals surface area contributed by atoms with Gasteiger partial charge in [0.05, 0.1) is 16.6 Å². The number of thiophene rings is 1. The highest BCUT2D eigenvalue weighted by Gasteiger charge is 2.16. The van der Waals surface area contributed by atoms with Crippen LogP contribution < -0.4 is 5.32 Å². The standard InChI is InChI=1S/C18H19N3OS/c1-3-10-19-18(22)14(11-13-9-8-12(2)23-13)17-20-15-6-4-5-7-16(15)21-17/h4-9,11H,3,10H2,1-2H3,(H,19,22)(H,20,21)/b14-11+. The van der Waals surface area contributed by atoms with Gasteiger partial charge in [0.2, 0.25) is 0 Å². The predicted molar refractivity (Wildman–Crippen MR) is 96.3 cm³/mol. The summed E-state index contributed by atoms with van der Waals surface area (Å²) in [4.78, 5) is 22.6. The molecule has 5 heteroatoms. The van der Waals surface area contributed by atoms with Gasteiger partial charge in [-0.05, 0) is 43.7 Å². The molecular formula is C18H19N3OS. The smallest absolute Gasteiger partial charge is 0.255 e. The van der Waals surface area contributed by atoms with Gasteiger partial charge in [0.25, 0.3) is 5.91 Å². The first kappa shape index (κ1) is 15.5. The van der Waals surface area contributed by atoms with Crippen molar-refractivity contribution in [2.24, 2.45) is 0 Å². The SMILES string of the molecule is CCCNC(=O)/C(=C/c1ccc(C)s1)c1nc2ccccc2[nH]1. The van der Waals surface area contributed by atoms with Crippen molar-refractivity contribution in [2.75, 3.05) is 6.54 Å². The van der Waals surface area contributed by atoms with Gasteiger partial charge in [-0.1, -0.05) is 19.1 Å². The van der Waals surface area contributed by atoms with E-state index in [9.17, 15) is 4.79 Å². The predicted octanol–water partition coefficient (Wildman–Crippen LogP) is 4.00. The fourth-order valence-corrected chi connectivity index (χ4v) is 3.15. The Balaban J connectivity index is 2.03. The van der Waals surface area contributed by atoms with Crippen molar-refractivity contribution in [2.45, 2.75) is 20.3 Å². The summed E-state index contributed by atoms with van der Waals surface area (Å²) in [7, 11) is 0. The number of aromatic amines is 1. The van der Waals surface area contributed by atoms with Crippen molar-refractivity contribution in [1.82, 2.24) is 15.3 Å². The van der Waals surface area contributed by atoms with Gasteiger partial charge in [0.1, 0.15) is 5.82 Å². The molecule has 3 rings (SSSR count). The molecule has 0 radical (unpaired) electrons. The summed E-state index contributed by atoms with van der Waals surface area (Å²) in [6.45, 7) is 4.74. The molecule has 0 aliphatic rings. The summed E-state index contributed by atoms with van der Waals surface area (Å²) in [6.07, 6.45) is 2.80. The lowest BCUT2D eigenvalue weighted by Gasteiger charge is -2.05. The first-order chi connectivity index (χ1) is 11.2. The number of fused-ring (bicyclic) bond motifs is 1. The van der Waals surface area contributed by atoms with Crippen LogP contribution in [0.2, 0.25) is 0 Å². The highest BCUT2D eigenvalue weighted by atomic mass is 32.1. The number of hydrogen-bond donors (Lipinski definition) is 2. The molecule has 0 atom stereocenters. The summed E-state index contributed by atoms with van der Waals surface area (Å²) in [5.74, 6) is 0.503. The fourth-order valence-electron chi connectivity index (χ4n) is 2.33. The number of H-pyrrole nitrogens is 1. The molecule has 0 aliphatic carbocycles. The Morgan fingerprint density at radius 3 is 2.83 bits per heavy atom. The van der Waals surface area contributed by atoms with Crippen molar-refractivity contribution in [3.8, 4) is 0 Å². The molecule has 2 aromatic heterocycles. The molecule has 0 aliphatic heterocycles. The number of amides is 1. The van der Waals surface area contributed by atoms with Crippen LogP contribution >= 0.6 is 11.3 Å². The second-order valence-electron chi connectivity index (χ2n) is 5.36. The monoisotopic (exact) mass is 325 g/mol. The Morgan fingerprint density at radius 2 is 2.13 bits per heavy atom. The molecular weight excluding hydrogens is 306 g/mol. The molecule has 0 spiro atoms. The number of aryl methyl sites for hydroxylation is 1. The van der Waals surface area contributed by atoms with Gasteiger partial charge in [-0.3, -0.25) is 4.79 Å². The number of rotatable bonds is 5. The molecule has 1 aromatic carbocycles. The van der Waals surface area contributed by atoms with Crippen LogP contribution in [0.1, 0.15) is 28.9 Å². The Bertz CT molecular complexity index is 827. The number of carbonyl (C=O) groups excluding carboxylic acids is 1. The molecule has 23 heavy (non-hydrogen) atoms. The lowest BCUT2D eigenvalue weighted by molar-refractivity contribution is -0.115. The molecule has 2 N–H and O–H groups in total. The van der Waals surface area contributed by atoms with Gasteiger partial charge < -0.3 is 10.3 Å². The zero-order valence-corrected chi connectivity index (χ0v) is 14.0. The van der Waals surface area contributed by atoms with E-state index in [1.165, 1.54) is 4.88 Å². The molecule has 0 bridgehead atoms. The zero-order valence-electron chi connectivity index (χ0n) is 13.2. The zero-order chi connectivity index (χ0) is 16.2. The van der Waals surface area contributed by atoms with Gasteiger partial charge >= 0.3 is 0 Å². The van der Waals surface area contributed by atoms with Crippen molar-refractivity contribution in [1.29, 1.82) is 0 Å². The summed E-state index contributed by atoms with van der Waals surface area (Å²) >= 11 is 1.66. The van der Waals surface area contributed by atoms with Crippen molar-refractivity contribution >= 4 is 39.9 Å². The van der Waals surface area contributed by atoms with Crippen LogP contribution in [0.15, 0.2) is 36.4 Å². The number of carbonyl (C=O) groups is 1. The number of benzene rings is 1. The number of imidazole rings is 1. The molecule has 0 fully saturated rings. The van der Waals surface area contributed by atoms with Gasteiger partial charge in [0.15, 0.2) is 0 Å². The van der Waals surface area contributed by atoms with Crippen LogP contribution in [0.3, 0.4) is 0 Å². The van der Waals surface area contributed by atoms with Crippen LogP contribution in [0.25, 0.3) is 22.7 Å². The minimum atomic E-state index is -0.100. The van der Waals surface area contributed by atoms with Gasteiger partial charge in [0, 0.05) is 16.3 Å². The molecule has 3 aromatic rings. The largest absolute Gasteiger partial charge is 0.352 e. The summed E-state index contributed by atoms with van der Waals surface area (Å²) in [5, 5.41) is 2.94. The van der Waals surface area contributed by atoms with E-state index in [4.69, 9.17) is 0 Å². The van der Waals surface area contributed by atoms with Crippen molar-refractivity contribution in [3.63, 3.8) is 0 Å². The number of para-hydroxylation sites is 2. The third kappa shape index (κ3) is 3.51. The van der Waals surface area contributed by atoms with Crippen LogP contribution in [-0.2, 0) is 4.79 Å². The van der Waals surface area contributed by atoms with Crippen LogP contribution in [0.5, 0.6) is 0 Å². The highest BCUT2D eigenvalue weighted by molar-refractivity contribution is 7.12. The minimum absolute atomic E-state index is 0.100. The second kappa shape index (κ2) is 6.79. The topological polar surface area (TPSA) is 57.8 Å². The third-order valence-corrected chi connectivity index (χ3v) is 4.42. The van der Waals surface area contributed by atoms with E-state index in [1.807, 2.05) is 43.3 Å². The number of nitrogens with one attached hydrogen (secondary N) is 2. The fraction of sp³-hybridized carbons (Fsp3) is 0.222. The Kier molecular flexibility index (Phi) is 4.57. The third-order valence-electron chi connectivity index (χ3n) is 3.47. The Morgan fingerprint density at radius 1 is 1.30 bits per heavy atom. The van der Waals surface area contributed by atoms with E-state index in [0.717, 1.165) is 22.3 Å². The van der Waals surface area contributed by atoms with Crippen LogP contribution in [-0.4, -0.2) is 22.4 Å².